The summed E-state index contributed by atoms with van der Waals surface area (Å²) in [5, 5.41) is 45.8. The lowest BCUT2D eigenvalue weighted by molar-refractivity contribution is -0.145. The highest BCUT2D eigenvalue weighted by Gasteiger charge is 2.40. The number of aliphatic hydroxyl groups excluding tert-OH is 1. The third-order valence-electron chi connectivity index (χ3n) is 10.6. The van der Waals surface area contributed by atoms with Gasteiger partial charge >= 0.3 is 11.9 Å². The molecule has 27 nitrogen and oxygen atoms in total. The Morgan fingerprint density at radius 1 is 0.681 bits per heavy atom. The first-order chi connectivity index (χ1) is 32.2. The predicted molar refractivity (Wildman–Crippen MR) is 246 cm³/mol. The van der Waals surface area contributed by atoms with Gasteiger partial charge in [-0.25, -0.2) is 4.79 Å². The van der Waals surface area contributed by atoms with E-state index in [1.54, 1.807) is 0 Å². The molecule has 1 rings (SSSR count). The molecule has 1 aliphatic heterocycles. The predicted octanol–water partition coefficient (Wildman–Crippen LogP) is -5.05. The van der Waals surface area contributed by atoms with Crippen LogP contribution in [0.25, 0.3) is 0 Å². The molecular weight excluding hydrogens is 911 g/mol. The Labute approximate surface area is 400 Å². The van der Waals surface area contributed by atoms with Gasteiger partial charge in [0.15, 0.2) is 5.96 Å². The van der Waals surface area contributed by atoms with Gasteiger partial charge in [0.1, 0.15) is 42.3 Å². The van der Waals surface area contributed by atoms with E-state index in [1.807, 2.05) is 27.7 Å². The summed E-state index contributed by atoms with van der Waals surface area (Å²) >= 11 is 0. The van der Waals surface area contributed by atoms with E-state index in [0.29, 0.717) is 6.42 Å². The van der Waals surface area contributed by atoms with Gasteiger partial charge in [0.2, 0.25) is 53.2 Å². The minimum absolute atomic E-state index is 0.00519. The summed E-state index contributed by atoms with van der Waals surface area (Å²) in [7, 11) is 0. The summed E-state index contributed by atoms with van der Waals surface area (Å²) in [5.41, 5.74) is 22.2. The van der Waals surface area contributed by atoms with Gasteiger partial charge in [0, 0.05) is 19.5 Å². The molecule has 0 aliphatic carbocycles. The summed E-state index contributed by atoms with van der Waals surface area (Å²) in [6.07, 6.45) is -1.10. The lowest BCUT2D eigenvalue weighted by atomic mass is 10.0. The maximum atomic E-state index is 13.8. The Morgan fingerprint density at radius 2 is 1.25 bits per heavy atom. The lowest BCUT2D eigenvalue weighted by Crippen LogP contribution is -2.60. The number of carbonyl (C=O) groups is 11. The fourth-order valence-corrected chi connectivity index (χ4v) is 7.12. The number of amides is 9. The number of guanidine groups is 1. The van der Waals surface area contributed by atoms with Crippen molar-refractivity contribution in [2.45, 2.75) is 148 Å². The fraction of sp³-hybridized carbons (Fsp3) is 0.714. The molecule has 8 atom stereocenters. The third kappa shape index (κ3) is 22.3. The molecule has 0 aromatic carbocycles. The first kappa shape index (κ1) is 60.4. The Morgan fingerprint density at radius 3 is 1.78 bits per heavy atom. The van der Waals surface area contributed by atoms with Gasteiger partial charge in [-0.05, 0) is 62.7 Å². The molecule has 390 valence electrons. The normalized spacial score (nSPS) is 16.4. The molecular formula is C42H73N13O14. The highest BCUT2D eigenvalue weighted by atomic mass is 16.4. The van der Waals surface area contributed by atoms with Crippen LogP contribution in [0.3, 0.4) is 0 Å². The zero-order valence-electron chi connectivity index (χ0n) is 40.1. The molecule has 0 aromatic heterocycles. The van der Waals surface area contributed by atoms with Gasteiger partial charge in [0.05, 0.1) is 25.6 Å². The number of nitrogens with one attached hydrogen (secondary N) is 7. The molecule has 0 aromatic rings. The Kier molecular flexibility index (Phi) is 26.2. The maximum absolute atomic E-state index is 13.8. The average Bonchev–Trinajstić information content (AvgIpc) is 3.74. The Balaban J connectivity index is 3.26. The largest absolute Gasteiger partial charge is 0.481 e. The molecule has 0 bridgehead atoms. The van der Waals surface area contributed by atoms with Crippen molar-refractivity contribution in [3.8, 4) is 0 Å². The number of likely N-dealkylation sites (tertiary alicyclic amines) is 1. The van der Waals surface area contributed by atoms with Crippen molar-refractivity contribution in [3.63, 3.8) is 0 Å². The number of aliphatic carboxylic acids is 2. The van der Waals surface area contributed by atoms with Crippen molar-refractivity contribution in [2.24, 2.45) is 45.7 Å². The van der Waals surface area contributed by atoms with E-state index < -0.39 is 152 Å². The average molecular weight is 984 g/mol. The van der Waals surface area contributed by atoms with E-state index in [1.165, 1.54) is 13.8 Å². The summed E-state index contributed by atoms with van der Waals surface area (Å²) in [4.78, 5) is 147. The van der Waals surface area contributed by atoms with E-state index >= 15 is 0 Å². The highest BCUT2D eigenvalue weighted by molar-refractivity contribution is 5.99. The molecule has 0 radical (unpaired) electrons. The second-order valence-electron chi connectivity index (χ2n) is 17.9. The van der Waals surface area contributed by atoms with Gasteiger partial charge in [-0.1, -0.05) is 41.5 Å². The molecule has 0 spiro atoms. The standard InChI is InChI=1S/C42H73N13O14/c1-20(2)15-23(43)34(61)51-26(16-21(3)4)35(62)48-18-31(58)49-24(9-7-13-47-42(45)46)36(63)52-27(17-30(44)57)38(65)53-28(19-56)40(67)55-14-8-10-29(55)39(66)50-25(11-12-32(59)60)37(64)54-33(22(5)6)41(68)69/h20-29,33,56H,7-19,43H2,1-6H3,(H2,44,57)(H,48,62)(H,49,58)(H,50,66)(H,51,61)(H,52,63)(H,53,65)(H,54,64)(H,59,60)(H,68,69)(H4,45,46,47)/t23-,24-,25-,26-,27-,28-,29-,33-/m0/s1. The Hall–Kier alpha value is -6.64. The number of nitrogens with two attached hydrogens (primary N) is 4. The molecule has 1 fully saturated rings. The van der Waals surface area contributed by atoms with Crippen LogP contribution in [0.1, 0.15) is 99.3 Å². The van der Waals surface area contributed by atoms with E-state index in [-0.39, 0.29) is 63.0 Å². The smallest absolute Gasteiger partial charge is 0.326 e. The minimum Gasteiger partial charge on any atom is -0.481 e. The number of carboxylic acid groups (broad SMARTS) is 2. The zero-order chi connectivity index (χ0) is 52.7. The number of carbonyl (C=O) groups excluding carboxylic acids is 9. The number of hydrogen-bond donors (Lipinski definition) is 14. The number of rotatable bonds is 31. The number of carboxylic acids is 2. The molecule has 27 heteroatoms. The van der Waals surface area contributed by atoms with Crippen LogP contribution >= 0.6 is 0 Å². The summed E-state index contributed by atoms with van der Waals surface area (Å²) in [6, 6.07) is -11.2. The minimum atomic E-state index is -1.80. The van der Waals surface area contributed by atoms with Crippen molar-refractivity contribution in [1.82, 2.24) is 42.1 Å². The van der Waals surface area contributed by atoms with E-state index in [4.69, 9.17) is 22.9 Å². The van der Waals surface area contributed by atoms with Gasteiger partial charge < -0.3 is 80.4 Å². The van der Waals surface area contributed by atoms with Crippen LogP contribution in [0.5, 0.6) is 0 Å². The van der Waals surface area contributed by atoms with E-state index in [9.17, 15) is 68.1 Å². The van der Waals surface area contributed by atoms with Crippen LogP contribution in [0.2, 0.25) is 0 Å². The van der Waals surface area contributed by atoms with Crippen LogP contribution < -0.4 is 60.2 Å². The molecule has 0 saturated carbocycles. The van der Waals surface area contributed by atoms with E-state index in [0.717, 1.165) is 4.90 Å². The van der Waals surface area contributed by atoms with Crippen molar-refractivity contribution >= 4 is 71.1 Å². The first-order valence-electron chi connectivity index (χ1n) is 22.7. The van der Waals surface area contributed by atoms with E-state index in [2.05, 4.69) is 42.2 Å². The zero-order valence-corrected chi connectivity index (χ0v) is 40.1. The second kappa shape index (κ2) is 30.0. The highest BCUT2D eigenvalue weighted by Crippen LogP contribution is 2.20. The third-order valence-corrected chi connectivity index (χ3v) is 10.6. The summed E-state index contributed by atoms with van der Waals surface area (Å²) in [6.45, 7) is 8.65. The number of nitrogens with zero attached hydrogens (tertiary/aromatic N) is 2. The second-order valence-corrected chi connectivity index (χ2v) is 17.9. The summed E-state index contributed by atoms with van der Waals surface area (Å²) < 4.78 is 0. The van der Waals surface area contributed by atoms with Crippen LogP contribution in [0.15, 0.2) is 4.99 Å². The van der Waals surface area contributed by atoms with Crippen LogP contribution in [0.4, 0.5) is 0 Å². The van der Waals surface area contributed by atoms with Crippen molar-refractivity contribution in [1.29, 1.82) is 0 Å². The van der Waals surface area contributed by atoms with Gasteiger partial charge in [-0.2, -0.15) is 0 Å². The van der Waals surface area contributed by atoms with Gasteiger partial charge in [-0.15, -0.1) is 0 Å². The number of hydrogen-bond acceptors (Lipinski definition) is 14. The number of aliphatic imine (C=N–C) groups is 1. The fourth-order valence-electron chi connectivity index (χ4n) is 7.12. The monoisotopic (exact) mass is 984 g/mol. The SMILES string of the molecule is CC(C)C[C@H](NC(=O)[C@@H](N)CC(C)C)C(=O)NCC(=O)N[C@@H](CCCN=C(N)N)C(=O)N[C@@H](CC(N)=O)C(=O)N[C@@H](CO)C(=O)N1CCC[C@H]1C(=O)N[C@@H](CCC(=O)O)C(=O)N[C@H](C(=O)O)C(C)C. The van der Waals surface area contributed by atoms with Crippen LogP contribution in [0, 0.1) is 17.8 Å². The molecule has 18 N–H and O–H groups in total. The first-order valence-corrected chi connectivity index (χ1v) is 22.7. The van der Waals surface area contributed by atoms with Gasteiger partial charge in [0.25, 0.3) is 0 Å². The topological polar surface area (TPSA) is 452 Å². The van der Waals surface area contributed by atoms with Crippen molar-refractivity contribution in [2.75, 3.05) is 26.2 Å². The molecule has 9 amide bonds. The molecule has 69 heavy (non-hydrogen) atoms. The number of primary amides is 1. The van der Waals surface area contributed by atoms with Crippen molar-refractivity contribution in [3.05, 3.63) is 0 Å². The summed E-state index contributed by atoms with van der Waals surface area (Å²) in [5.74, 6) is -11.8. The van der Waals surface area contributed by atoms with Crippen LogP contribution in [-0.2, 0) is 52.7 Å². The van der Waals surface area contributed by atoms with Crippen LogP contribution in [-0.4, -0.2) is 166 Å². The molecule has 1 heterocycles. The lowest BCUT2D eigenvalue weighted by Gasteiger charge is -2.30. The molecule has 1 aliphatic rings. The van der Waals surface area contributed by atoms with Crippen molar-refractivity contribution < 1.29 is 68.1 Å². The molecule has 1 saturated heterocycles. The molecule has 0 unspecified atom stereocenters. The quantitative estimate of drug-likeness (QED) is 0.0176. The maximum Gasteiger partial charge on any atom is 0.326 e. The number of aliphatic hydroxyl groups is 1. The Bertz CT molecular complexity index is 1860. The van der Waals surface area contributed by atoms with Gasteiger partial charge in [-0.3, -0.25) is 52.9 Å².